The molecule has 11 heavy (non-hydrogen) atoms. The third-order valence-corrected chi connectivity index (χ3v) is 1.12. The van der Waals surface area contributed by atoms with Crippen molar-refractivity contribution in [2.75, 3.05) is 13.7 Å². The summed E-state index contributed by atoms with van der Waals surface area (Å²) in [6.45, 7) is 0.448. The number of nitrogens with two attached hydrogens (primary N) is 1. The van der Waals surface area contributed by atoms with E-state index in [2.05, 4.69) is 9.47 Å². The molecule has 0 rings (SSSR count). The molecule has 0 aliphatic rings. The molecule has 0 spiro atoms. The van der Waals surface area contributed by atoms with Gasteiger partial charge in [-0.3, -0.25) is 9.59 Å². The van der Waals surface area contributed by atoms with Gasteiger partial charge in [0.2, 0.25) is 0 Å². The molecule has 0 aliphatic heterocycles. The third kappa shape index (κ3) is 4.32. The first kappa shape index (κ1) is 9.90. The average molecular weight is 161 g/mol. The van der Waals surface area contributed by atoms with Crippen LogP contribution in [0.5, 0.6) is 0 Å². The second-order valence-corrected chi connectivity index (χ2v) is 1.89. The molecule has 0 fully saturated rings. The van der Waals surface area contributed by atoms with E-state index in [9.17, 15) is 9.59 Å². The van der Waals surface area contributed by atoms with Gasteiger partial charge in [-0.15, -0.1) is 0 Å². The van der Waals surface area contributed by atoms with E-state index in [1.54, 1.807) is 0 Å². The monoisotopic (exact) mass is 161 g/mol. The van der Waals surface area contributed by atoms with E-state index in [1.807, 2.05) is 0 Å². The van der Waals surface area contributed by atoms with Crippen LogP contribution >= 0.6 is 0 Å². The van der Waals surface area contributed by atoms with Gasteiger partial charge in [0.1, 0.15) is 6.04 Å². The number of carbonyl (C=O) groups is 2. The Kier molecular flexibility index (Phi) is 5.10. The summed E-state index contributed by atoms with van der Waals surface area (Å²) in [4.78, 5) is 20.3. The van der Waals surface area contributed by atoms with Gasteiger partial charge in [-0.25, -0.2) is 0 Å². The number of esters is 1. The van der Waals surface area contributed by atoms with E-state index >= 15 is 0 Å². The van der Waals surface area contributed by atoms with E-state index in [4.69, 9.17) is 5.73 Å². The molecule has 1 atom stereocenters. The van der Waals surface area contributed by atoms with Gasteiger partial charge in [0.05, 0.1) is 13.7 Å². The molecule has 0 aromatic heterocycles. The van der Waals surface area contributed by atoms with Gasteiger partial charge in [-0.05, 0) is 0 Å². The smallest absolute Gasteiger partial charge is 0.322 e. The fraction of sp³-hybridized carbons (Fsp3) is 0.667. The zero-order valence-corrected chi connectivity index (χ0v) is 6.28. The quantitative estimate of drug-likeness (QED) is 0.319. The fourth-order valence-corrected chi connectivity index (χ4v) is 0.512. The lowest BCUT2D eigenvalue weighted by atomic mass is 10.2. The number of carbonyl (C=O) groups excluding carboxylic acids is 2. The largest absolute Gasteiger partial charge is 0.468 e. The second kappa shape index (κ2) is 5.67. The summed E-state index contributed by atoms with van der Waals surface area (Å²) in [5, 5.41) is 0. The van der Waals surface area contributed by atoms with E-state index in [-0.39, 0.29) is 13.0 Å². The molecule has 0 heterocycles. The lowest BCUT2D eigenvalue weighted by molar-refractivity contribution is -0.143. The van der Waals surface area contributed by atoms with Crippen molar-refractivity contribution in [2.24, 2.45) is 5.73 Å². The maximum Gasteiger partial charge on any atom is 0.322 e. The first-order valence-electron chi connectivity index (χ1n) is 3.11. The Morgan fingerprint density at radius 1 is 1.73 bits per heavy atom. The Labute approximate surface area is 64.5 Å². The van der Waals surface area contributed by atoms with Gasteiger partial charge >= 0.3 is 5.97 Å². The molecule has 0 aromatic carbocycles. The highest BCUT2D eigenvalue weighted by molar-refractivity contribution is 5.75. The van der Waals surface area contributed by atoms with Crippen molar-refractivity contribution in [1.29, 1.82) is 0 Å². The van der Waals surface area contributed by atoms with E-state index in [0.717, 1.165) is 0 Å². The minimum atomic E-state index is -0.708. The molecular weight excluding hydrogens is 150 g/mol. The summed E-state index contributed by atoms with van der Waals surface area (Å²) in [5.41, 5.74) is 5.30. The van der Waals surface area contributed by atoms with Crippen LogP contribution in [-0.2, 0) is 19.1 Å². The van der Waals surface area contributed by atoms with Gasteiger partial charge in [0.15, 0.2) is 0 Å². The van der Waals surface area contributed by atoms with Crippen molar-refractivity contribution in [2.45, 2.75) is 12.5 Å². The van der Waals surface area contributed by atoms with Gasteiger partial charge in [0.25, 0.3) is 6.47 Å². The predicted octanol–water partition coefficient (Wildman–Crippen LogP) is -0.950. The second-order valence-electron chi connectivity index (χ2n) is 1.89. The standard InChI is InChI=1S/C6H11NO4/c1-10-6(9)5(7)2-3-11-4-8/h4-5H,2-3,7H2,1H3. The average Bonchev–Trinajstić information content (AvgIpc) is 2.03. The molecule has 2 N–H and O–H groups in total. The van der Waals surface area contributed by atoms with Crippen LogP contribution in [0.25, 0.3) is 0 Å². The molecule has 5 heteroatoms. The van der Waals surface area contributed by atoms with Crippen LogP contribution in [-0.4, -0.2) is 32.2 Å². The molecule has 0 aromatic rings. The lowest BCUT2D eigenvalue weighted by Crippen LogP contribution is -2.32. The summed E-state index contributed by atoms with van der Waals surface area (Å²) in [6, 6.07) is -0.708. The highest BCUT2D eigenvalue weighted by Crippen LogP contribution is 1.90. The van der Waals surface area contributed by atoms with Crippen LogP contribution in [0.1, 0.15) is 6.42 Å². The first-order chi connectivity index (χ1) is 5.22. The number of ether oxygens (including phenoxy) is 2. The molecule has 5 nitrogen and oxygen atoms in total. The summed E-state index contributed by atoms with van der Waals surface area (Å²) in [7, 11) is 1.25. The minimum Gasteiger partial charge on any atom is -0.468 e. The molecule has 0 amide bonds. The molecule has 1 unspecified atom stereocenters. The van der Waals surface area contributed by atoms with E-state index in [1.165, 1.54) is 7.11 Å². The van der Waals surface area contributed by atoms with Crippen LogP contribution in [0.4, 0.5) is 0 Å². The topological polar surface area (TPSA) is 78.6 Å². The van der Waals surface area contributed by atoms with Gasteiger partial charge in [-0.1, -0.05) is 0 Å². The minimum absolute atomic E-state index is 0.139. The lowest BCUT2D eigenvalue weighted by Gasteiger charge is -2.06. The van der Waals surface area contributed by atoms with Crippen molar-refractivity contribution >= 4 is 12.4 Å². The van der Waals surface area contributed by atoms with Crippen LogP contribution < -0.4 is 5.73 Å². The summed E-state index contributed by atoms with van der Waals surface area (Å²) in [5.74, 6) is -0.500. The van der Waals surface area contributed by atoms with E-state index < -0.39 is 12.0 Å². The fourth-order valence-electron chi connectivity index (χ4n) is 0.512. The van der Waals surface area contributed by atoms with Crippen molar-refractivity contribution in [1.82, 2.24) is 0 Å². The third-order valence-electron chi connectivity index (χ3n) is 1.12. The number of hydrogen-bond donors (Lipinski definition) is 1. The normalized spacial score (nSPS) is 11.8. The van der Waals surface area contributed by atoms with Crippen molar-refractivity contribution in [3.63, 3.8) is 0 Å². The molecule has 0 saturated heterocycles. The van der Waals surface area contributed by atoms with Crippen LogP contribution in [0, 0.1) is 0 Å². The number of hydrogen-bond acceptors (Lipinski definition) is 5. The maximum absolute atomic E-state index is 10.6. The summed E-state index contributed by atoms with van der Waals surface area (Å²) >= 11 is 0. The first-order valence-corrected chi connectivity index (χ1v) is 3.11. The van der Waals surface area contributed by atoms with Crippen LogP contribution in [0.2, 0.25) is 0 Å². The van der Waals surface area contributed by atoms with E-state index in [0.29, 0.717) is 6.47 Å². The molecule has 0 radical (unpaired) electrons. The molecule has 64 valence electrons. The van der Waals surface area contributed by atoms with Gasteiger partial charge in [-0.2, -0.15) is 0 Å². The van der Waals surface area contributed by atoms with Gasteiger partial charge in [0, 0.05) is 6.42 Å². The summed E-state index contributed by atoms with van der Waals surface area (Å²) < 4.78 is 8.67. The molecule has 0 aliphatic carbocycles. The zero-order chi connectivity index (χ0) is 8.69. The summed E-state index contributed by atoms with van der Waals surface area (Å²) in [6.07, 6.45) is 0.283. The molecule has 0 saturated carbocycles. The van der Waals surface area contributed by atoms with Crippen LogP contribution in [0.3, 0.4) is 0 Å². The Morgan fingerprint density at radius 3 is 2.82 bits per heavy atom. The van der Waals surface area contributed by atoms with Gasteiger partial charge < -0.3 is 15.2 Å². The van der Waals surface area contributed by atoms with Crippen LogP contribution in [0.15, 0.2) is 0 Å². The molecular formula is C6H11NO4. The highest BCUT2D eigenvalue weighted by atomic mass is 16.5. The number of rotatable bonds is 5. The zero-order valence-electron chi connectivity index (χ0n) is 6.28. The Balaban J connectivity index is 3.43. The van der Waals surface area contributed by atoms with Crippen molar-refractivity contribution in [3.05, 3.63) is 0 Å². The Morgan fingerprint density at radius 2 is 2.36 bits per heavy atom. The molecule has 0 bridgehead atoms. The van der Waals surface area contributed by atoms with Crippen molar-refractivity contribution < 1.29 is 19.1 Å². The predicted molar refractivity (Wildman–Crippen MR) is 36.6 cm³/mol. The highest BCUT2D eigenvalue weighted by Gasteiger charge is 2.12. The van der Waals surface area contributed by atoms with Crippen molar-refractivity contribution in [3.8, 4) is 0 Å². The Hall–Kier alpha value is -1.10. The maximum atomic E-state index is 10.6. The number of methoxy groups -OCH3 is 1. The SMILES string of the molecule is COC(=O)C(N)CCOC=O. The Bertz CT molecular complexity index is 137.